The van der Waals surface area contributed by atoms with E-state index in [0.717, 1.165) is 18.0 Å². The molecule has 2 rings (SSSR count). The van der Waals surface area contributed by atoms with Crippen molar-refractivity contribution in [2.24, 2.45) is 5.92 Å². The van der Waals surface area contributed by atoms with Crippen molar-refractivity contribution in [1.29, 1.82) is 0 Å². The number of rotatable bonds is 9. The molecule has 0 saturated carbocycles. The molecule has 0 saturated heterocycles. The lowest BCUT2D eigenvalue weighted by atomic mass is 10.0. The number of allylic oxidation sites excluding steroid dienone is 1. The Kier molecular flexibility index (Phi) is 6.92. The van der Waals surface area contributed by atoms with Gasteiger partial charge in [0.1, 0.15) is 11.5 Å². The monoisotopic (exact) mass is 323 g/mol. The number of ether oxygens (including phenoxy) is 1. The van der Waals surface area contributed by atoms with Crippen LogP contribution in [0.4, 0.5) is 0 Å². The van der Waals surface area contributed by atoms with Crippen molar-refractivity contribution in [3.8, 4) is 11.5 Å². The first kappa shape index (κ1) is 18.1. The molecule has 0 fully saturated rings. The van der Waals surface area contributed by atoms with Gasteiger partial charge in [0.05, 0.1) is 0 Å². The molecule has 0 bridgehead atoms. The van der Waals surface area contributed by atoms with Gasteiger partial charge in [0, 0.05) is 19.3 Å². The van der Waals surface area contributed by atoms with Gasteiger partial charge in [-0.3, -0.25) is 0 Å². The van der Waals surface area contributed by atoms with Crippen LogP contribution in [-0.2, 0) is 6.54 Å². The maximum atomic E-state index is 5.84. The average Bonchev–Trinajstić information content (AvgIpc) is 2.61. The van der Waals surface area contributed by atoms with Crippen LogP contribution in [0.5, 0.6) is 11.5 Å². The fourth-order valence-electron chi connectivity index (χ4n) is 2.72. The van der Waals surface area contributed by atoms with E-state index in [9.17, 15) is 0 Å². The van der Waals surface area contributed by atoms with Gasteiger partial charge in [0.2, 0.25) is 0 Å². The number of para-hydroxylation sites is 1. The predicted octanol–water partition coefficient (Wildman–Crippen LogP) is 6.25. The summed E-state index contributed by atoms with van der Waals surface area (Å²) in [6, 6.07) is 18.2. The standard InChI is InChI=1S/C22H29NO/c1-5-6-10-18(2)19(3)23(4)17-20-13-15-22(16-14-20)24-21-11-8-7-9-12-21/h7-9,11-16,18H,3,5-6,10,17H2,1-2,4H3/t18-/m0/s1. The van der Waals surface area contributed by atoms with Gasteiger partial charge in [-0.15, -0.1) is 0 Å². The van der Waals surface area contributed by atoms with Gasteiger partial charge in [0.15, 0.2) is 0 Å². The van der Waals surface area contributed by atoms with Crippen molar-refractivity contribution in [3.05, 3.63) is 72.4 Å². The number of hydrogen-bond acceptors (Lipinski definition) is 2. The molecule has 128 valence electrons. The summed E-state index contributed by atoms with van der Waals surface area (Å²) in [7, 11) is 2.12. The molecule has 0 aliphatic heterocycles. The minimum absolute atomic E-state index is 0.538. The van der Waals surface area contributed by atoms with E-state index in [1.165, 1.54) is 30.5 Å². The van der Waals surface area contributed by atoms with Gasteiger partial charge < -0.3 is 9.64 Å². The Morgan fingerprint density at radius 3 is 2.29 bits per heavy atom. The summed E-state index contributed by atoms with van der Waals surface area (Å²) < 4.78 is 5.84. The third-order valence-corrected chi connectivity index (χ3v) is 4.37. The van der Waals surface area contributed by atoms with E-state index in [4.69, 9.17) is 4.74 Å². The first-order chi connectivity index (χ1) is 11.6. The molecule has 24 heavy (non-hydrogen) atoms. The number of hydrogen-bond donors (Lipinski definition) is 0. The van der Waals surface area contributed by atoms with Crippen LogP contribution in [0.3, 0.4) is 0 Å². The maximum Gasteiger partial charge on any atom is 0.127 e. The molecule has 2 aromatic rings. The third-order valence-electron chi connectivity index (χ3n) is 4.37. The zero-order valence-corrected chi connectivity index (χ0v) is 15.2. The van der Waals surface area contributed by atoms with Crippen LogP contribution in [0.1, 0.15) is 38.7 Å². The quantitative estimate of drug-likeness (QED) is 0.540. The Hall–Kier alpha value is -2.22. The summed E-state index contributed by atoms with van der Waals surface area (Å²) in [5.41, 5.74) is 2.48. The van der Waals surface area contributed by atoms with Crippen LogP contribution in [0.25, 0.3) is 0 Å². The van der Waals surface area contributed by atoms with Crippen molar-refractivity contribution in [3.63, 3.8) is 0 Å². The highest BCUT2D eigenvalue weighted by molar-refractivity contribution is 5.33. The average molecular weight is 323 g/mol. The molecule has 0 radical (unpaired) electrons. The van der Waals surface area contributed by atoms with Gasteiger partial charge in [-0.1, -0.05) is 63.6 Å². The van der Waals surface area contributed by atoms with Gasteiger partial charge in [-0.05, 0) is 42.2 Å². The summed E-state index contributed by atoms with van der Waals surface area (Å²) >= 11 is 0. The Balaban J connectivity index is 1.90. The minimum Gasteiger partial charge on any atom is -0.457 e. The van der Waals surface area contributed by atoms with E-state index in [2.05, 4.69) is 44.5 Å². The zero-order valence-electron chi connectivity index (χ0n) is 15.2. The van der Waals surface area contributed by atoms with E-state index < -0.39 is 0 Å². The Bertz CT molecular complexity index is 618. The first-order valence-electron chi connectivity index (χ1n) is 8.82. The minimum atomic E-state index is 0.538. The molecule has 0 aromatic heterocycles. The molecule has 0 aliphatic rings. The van der Waals surface area contributed by atoms with Crippen LogP contribution < -0.4 is 4.74 Å². The second-order valence-corrected chi connectivity index (χ2v) is 6.45. The summed E-state index contributed by atoms with van der Waals surface area (Å²) in [6.07, 6.45) is 3.72. The van der Waals surface area contributed by atoms with Crippen LogP contribution in [0.15, 0.2) is 66.9 Å². The fourth-order valence-corrected chi connectivity index (χ4v) is 2.72. The fraction of sp³-hybridized carbons (Fsp3) is 0.364. The van der Waals surface area contributed by atoms with E-state index in [1.54, 1.807) is 0 Å². The molecule has 1 atom stereocenters. The molecule has 2 heteroatoms. The Labute approximate surface area is 146 Å². The van der Waals surface area contributed by atoms with Crippen molar-refractivity contribution in [1.82, 2.24) is 4.90 Å². The molecular formula is C22H29NO. The normalized spacial score (nSPS) is 11.8. The van der Waals surface area contributed by atoms with E-state index >= 15 is 0 Å². The van der Waals surface area contributed by atoms with Crippen LogP contribution in [-0.4, -0.2) is 11.9 Å². The molecular weight excluding hydrogens is 294 g/mol. The topological polar surface area (TPSA) is 12.5 Å². The second kappa shape index (κ2) is 9.17. The molecule has 2 aromatic carbocycles. The number of nitrogens with zero attached hydrogens (tertiary/aromatic N) is 1. The van der Waals surface area contributed by atoms with Crippen molar-refractivity contribution >= 4 is 0 Å². The highest BCUT2D eigenvalue weighted by atomic mass is 16.5. The van der Waals surface area contributed by atoms with Crippen molar-refractivity contribution < 1.29 is 4.74 Å². The Morgan fingerprint density at radius 2 is 1.67 bits per heavy atom. The number of benzene rings is 2. The van der Waals surface area contributed by atoms with Gasteiger partial charge >= 0.3 is 0 Å². The molecule has 0 aliphatic carbocycles. The molecule has 0 heterocycles. The summed E-state index contributed by atoms with van der Waals surface area (Å²) in [6.45, 7) is 9.66. The van der Waals surface area contributed by atoms with Crippen LogP contribution in [0.2, 0.25) is 0 Å². The number of unbranched alkanes of at least 4 members (excludes halogenated alkanes) is 1. The maximum absolute atomic E-state index is 5.84. The smallest absolute Gasteiger partial charge is 0.127 e. The van der Waals surface area contributed by atoms with E-state index in [0.29, 0.717) is 5.92 Å². The summed E-state index contributed by atoms with van der Waals surface area (Å²) in [4.78, 5) is 2.26. The van der Waals surface area contributed by atoms with Gasteiger partial charge in [-0.2, -0.15) is 0 Å². The van der Waals surface area contributed by atoms with Crippen molar-refractivity contribution in [2.75, 3.05) is 7.05 Å². The third kappa shape index (κ3) is 5.45. The van der Waals surface area contributed by atoms with E-state index in [1.807, 2.05) is 42.5 Å². The highest BCUT2D eigenvalue weighted by Gasteiger charge is 2.11. The van der Waals surface area contributed by atoms with Crippen LogP contribution >= 0.6 is 0 Å². The lowest BCUT2D eigenvalue weighted by Crippen LogP contribution is -2.21. The molecule has 0 spiro atoms. The largest absolute Gasteiger partial charge is 0.457 e. The predicted molar refractivity (Wildman–Crippen MR) is 102 cm³/mol. The SMILES string of the molecule is C=C([C@@H](C)CCCC)N(C)Cc1ccc(Oc2ccccc2)cc1. The molecule has 2 nitrogen and oxygen atoms in total. The molecule has 0 N–H and O–H groups in total. The van der Waals surface area contributed by atoms with Crippen molar-refractivity contribution in [2.45, 2.75) is 39.7 Å². The van der Waals surface area contributed by atoms with Crippen LogP contribution in [0, 0.1) is 5.92 Å². The van der Waals surface area contributed by atoms with Gasteiger partial charge in [-0.25, -0.2) is 0 Å². The Morgan fingerprint density at radius 1 is 1.04 bits per heavy atom. The summed E-state index contributed by atoms with van der Waals surface area (Å²) in [5, 5.41) is 0. The zero-order chi connectivity index (χ0) is 17.4. The first-order valence-corrected chi connectivity index (χ1v) is 8.82. The molecule has 0 unspecified atom stereocenters. The van der Waals surface area contributed by atoms with E-state index in [-0.39, 0.29) is 0 Å². The second-order valence-electron chi connectivity index (χ2n) is 6.45. The summed E-state index contributed by atoms with van der Waals surface area (Å²) in [5.74, 6) is 2.26. The highest BCUT2D eigenvalue weighted by Crippen LogP contribution is 2.23. The molecule has 0 amide bonds. The lowest BCUT2D eigenvalue weighted by Gasteiger charge is -2.26. The van der Waals surface area contributed by atoms with Gasteiger partial charge in [0.25, 0.3) is 0 Å². The lowest BCUT2D eigenvalue weighted by molar-refractivity contribution is 0.349.